The molecule has 1 N–H and O–H groups in total. The van der Waals surface area contributed by atoms with Crippen LogP contribution in [-0.4, -0.2) is 21.5 Å². The van der Waals surface area contributed by atoms with E-state index in [1.807, 2.05) is 13.8 Å². The molecule has 0 saturated heterocycles. The molecule has 0 aliphatic carbocycles. The highest BCUT2D eigenvalue weighted by molar-refractivity contribution is 9.10. The SMILES string of the molecule is CCNCc1cnnn1-c1cc(F)c(Br)cc1C. The van der Waals surface area contributed by atoms with E-state index >= 15 is 0 Å². The Morgan fingerprint density at radius 2 is 2.22 bits per heavy atom. The lowest BCUT2D eigenvalue weighted by Crippen LogP contribution is -2.15. The van der Waals surface area contributed by atoms with Gasteiger partial charge in [0.2, 0.25) is 0 Å². The molecule has 0 amide bonds. The Labute approximate surface area is 113 Å². The van der Waals surface area contributed by atoms with Crippen molar-refractivity contribution in [1.82, 2.24) is 20.3 Å². The minimum atomic E-state index is -0.305. The number of nitrogens with zero attached hydrogens (tertiary/aromatic N) is 3. The van der Waals surface area contributed by atoms with Crippen molar-refractivity contribution in [2.45, 2.75) is 20.4 Å². The van der Waals surface area contributed by atoms with Crippen LogP contribution in [0.3, 0.4) is 0 Å². The van der Waals surface area contributed by atoms with E-state index in [4.69, 9.17) is 0 Å². The van der Waals surface area contributed by atoms with Crippen molar-refractivity contribution in [3.05, 3.63) is 39.9 Å². The molecule has 2 aromatic rings. The van der Waals surface area contributed by atoms with E-state index in [1.165, 1.54) is 6.07 Å². The molecule has 18 heavy (non-hydrogen) atoms. The second-order valence-electron chi connectivity index (χ2n) is 3.97. The first-order valence-corrected chi connectivity index (χ1v) is 6.49. The van der Waals surface area contributed by atoms with Gasteiger partial charge in [0.15, 0.2) is 0 Å². The lowest BCUT2D eigenvalue weighted by atomic mass is 10.2. The summed E-state index contributed by atoms with van der Waals surface area (Å²) in [7, 11) is 0. The predicted molar refractivity (Wildman–Crippen MR) is 71.1 cm³/mol. The lowest BCUT2D eigenvalue weighted by molar-refractivity contribution is 0.614. The third-order valence-electron chi connectivity index (χ3n) is 2.64. The molecule has 96 valence electrons. The molecule has 0 spiro atoms. The second kappa shape index (κ2) is 5.58. The number of halogens is 2. The average Bonchev–Trinajstić information content (AvgIpc) is 2.79. The Morgan fingerprint density at radius 1 is 1.44 bits per heavy atom. The van der Waals surface area contributed by atoms with Gasteiger partial charge in [0.05, 0.1) is 22.1 Å². The topological polar surface area (TPSA) is 42.7 Å². The number of nitrogens with one attached hydrogen (secondary N) is 1. The standard InChI is InChI=1S/C12H14BrFN4/c1-3-15-6-9-7-16-17-18(9)12-5-11(14)10(13)4-8(12)2/h4-5,7,15H,3,6H2,1-2H3. The van der Waals surface area contributed by atoms with E-state index in [-0.39, 0.29) is 5.82 Å². The van der Waals surface area contributed by atoms with Gasteiger partial charge in [-0.25, -0.2) is 9.07 Å². The van der Waals surface area contributed by atoms with Gasteiger partial charge in [-0.1, -0.05) is 12.1 Å². The van der Waals surface area contributed by atoms with Crippen molar-refractivity contribution in [3.63, 3.8) is 0 Å². The molecule has 0 unspecified atom stereocenters. The van der Waals surface area contributed by atoms with E-state index in [1.54, 1.807) is 16.9 Å². The molecule has 0 atom stereocenters. The summed E-state index contributed by atoms with van der Waals surface area (Å²) in [4.78, 5) is 0. The Hall–Kier alpha value is -1.27. The van der Waals surface area contributed by atoms with E-state index in [2.05, 4.69) is 31.6 Å². The minimum absolute atomic E-state index is 0.305. The Morgan fingerprint density at radius 3 is 2.94 bits per heavy atom. The Bertz CT molecular complexity index is 553. The van der Waals surface area contributed by atoms with Crippen LogP contribution in [-0.2, 0) is 6.54 Å². The smallest absolute Gasteiger partial charge is 0.139 e. The van der Waals surface area contributed by atoms with E-state index in [0.717, 1.165) is 17.8 Å². The van der Waals surface area contributed by atoms with Gasteiger partial charge in [-0.15, -0.1) is 5.10 Å². The fourth-order valence-electron chi connectivity index (χ4n) is 1.70. The van der Waals surface area contributed by atoms with Crippen molar-refractivity contribution >= 4 is 15.9 Å². The molecular formula is C12H14BrFN4. The first-order valence-electron chi connectivity index (χ1n) is 5.69. The van der Waals surface area contributed by atoms with Gasteiger partial charge in [0, 0.05) is 12.6 Å². The summed E-state index contributed by atoms with van der Waals surface area (Å²) < 4.78 is 15.7. The summed E-state index contributed by atoms with van der Waals surface area (Å²) in [5, 5.41) is 11.1. The maximum absolute atomic E-state index is 13.6. The maximum Gasteiger partial charge on any atom is 0.139 e. The van der Waals surface area contributed by atoms with Gasteiger partial charge in [-0.3, -0.25) is 0 Å². The molecule has 1 heterocycles. The molecule has 4 nitrogen and oxygen atoms in total. The van der Waals surface area contributed by atoms with Crippen molar-refractivity contribution in [2.75, 3.05) is 6.54 Å². The fourth-order valence-corrected chi connectivity index (χ4v) is 2.15. The van der Waals surface area contributed by atoms with Crippen molar-refractivity contribution in [2.24, 2.45) is 0 Å². The largest absolute Gasteiger partial charge is 0.311 e. The number of hydrogen-bond donors (Lipinski definition) is 1. The van der Waals surface area contributed by atoms with Crippen LogP contribution in [0.5, 0.6) is 0 Å². The van der Waals surface area contributed by atoms with Crippen LogP contribution in [0.25, 0.3) is 5.69 Å². The van der Waals surface area contributed by atoms with Gasteiger partial charge in [-0.05, 0) is 41.0 Å². The number of hydrogen-bond acceptors (Lipinski definition) is 3. The zero-order valence-electron chi connectivity index (χ0n) is 10.2. The molecule has 1 aromatic carbocycles. The van der Waals surface area contributed by atoms with Crippen molar-refractivity contribution < 1.29 is 4.39 Å². The third-order valence-corrected chi connectivity index (χ3v) is 3.25. The zero-order chi connectivity index (χ0) is 13.1. The molecule has 0 bridgehead atoms. The minimum Gasteiger partial charge on any atom is -0.311 e. The highest BCUT2D eigenvalue weighted by Gasteiger charge is 2.11. The first-order chi connectivity index (χ1) is 8.63. The molecule has 0 aliphatic heterocycles. The summed E-state index contributed by atoms with van der Waals surface area (Å²) in [6, 6.07) is 3.20. The third kappa shape index (κ3) is 2.59. The number of aryl methyl sites for hydroxylation is 1. The second-order valence-corrected chi connectivity index (χ2v) is 4.82. The van der Waals surface area contributed by atoms with E-state index < -0.39 is 0 Å². The molecule has 1 aromatic heterocycles. The van der Waals surface area contributed by atoms with Crippen molar-refractivity contribution in [3.8, 4) is 5.69 Å². The molecule has 2 rings (SSSR count). The quantitative estimate of drug-likeness (QED) is 0.943. The van der Waals surface area contributed by atoms with Gasteiger partial charge < -0.3 is 5.32 Å². The van der Waals surface area contributed by atoms with Crippen molar-refractivity contribution in [1.29, 1.82) is 0 Å². The molecule has 0 radical (unpaired) electrons. The summed E-state index contributed by atoms with van der Waals surface area (Å²) >= 11 is 3.17. The summed E-state index contributed by atoms with van der Waals surface area (Å²) in [5.41, 5.74) is 2.55. The predicted octanol–water partition coefficient (Wildman–Crippen LogP) is 2.59. The first kappa shape index (κ1) is 13.2. The zero-order valence-corrected chi connectivity index (χ0v) is 11.8. The molecule has 0 aliphatic rings. The average molecular weight is 313 g/mol. The fraction of sp³-hybridized carbons (Fsp3) is 0.333. The molecule has 0 saturated carbocycles. The van der Waals surface area contributed by atoms with Crippen LogP contribution in [0.4, 0.5) is 4.39 Å². The van der Waals surface area contributed by atoms with Gasteiger partial charge >= 0.3 is 0 Å². The van der Waals surface area contributed by atoms with Crippen LogP contribution < -0.4 is 5.32 Å². The monoisotopic (exact) mass is 312 g/mol. The highest BCUT2D eigenvalue weighted by atomic mass is 79.9. The molecule has 6 heteroatoms. The number of rotatable bonds is 4. The Balaban J connectivity index is 2.42. The van der Waals surface area contributed by atoms with E-state index in [9.17, 15) is 4.39 Å². The van der Waals surface area contributed by atoms with Crippen LogP contribution in [0.15, 0.2) is 22.8 Å². The summed E-state index contributed by atoms with van der Waals surface area (Å²) in [6.07, 6.45) is 1.68. The normalized spacial score (nSPS) is 10.9. The van der Waals surface area contributed by atoms with Gasteiger partial charge in [0.1, 0.15) is 5.82 Å². The maximum atomic E-state index is 13.6. The number of benzene rings is 1. The van der Waals surface area contributed by atoms with Gasteiger partial charge in [0.25, 0.3) is 0 Å². The summed E-state index contributed by atoms with van der Waals surface area (Å²) in [6.45, 7) is 5.45. The van der Waals surface area contributed by atoms with Crippen LogP contribution in [0.2, 0.25) is 0 Å². The molecular weight excluding hydrogens is 299 g/mol. The Kier molecular flexibility index (Phi) is 4.08. The van der Waals surface area contributed by atoms with Crippen LogP contribution in [0, 0.1) is 12.7 Å². The van der Waals surface area contributed by atoms with Crippen LogP contribution >= 0.6 is 15.9 Å². The van der Waals surface area contributed by atoms with Crippen LogP contribution in [0.1, 0.15) is 18.2 Å². The van der Waals surface area contributed by atoms with E-state index in [0.29, 0.717) is 16.7 Å². The molecule has 0 fully saturated rings. The lowest BCUT2D eigenvalue weighted by Gasteiger charge is -2.10. The summed E-state index contributed by atoms with van der Waals surface area (Å²) in [5.74, 6) is -0.305. The number of aromatic nitrogens is 3. The highest BCUT2D eigenvalue weighted by Crippen LogP contribution is 2.23. The van der Waals surface area contributed by atoms with Gasteiger partial charge in [-0.2, -0.15) is 0 Å².